The first-order chi connectivity index (χ1) is 9.52. The lowest BCUT2D eigenvalue weighted by molar-refractivity contribution is -0.148. The van der Waals surface area contributed by atoms with Crippen LogP contribution in [0.25, 0.3) is 0 Å². The van der Waals surface area contributed by atoms with E-state index in [1.54, 1.807) is 19.1 Å². The number of rotatable bonds is 6. The van der Waals surface area contributed by atoms with Gasteiger partial charge in [0, 0.05) is 13.0 Å². The number of para-hydroxylation sites is 1. The molecule has 1 aromatic carbocycles. The van der Waals surface area contributed by atoms with E-state index >= 15 is 0 Å². The summed E-state index contributed by atoms with van der Waals surface area (Å²) in [5, 5.41) is 0. The molecule has 0 aliphatic carbocycles. The molecule has 0 saturated carbocycles. The highest BCUT2D eigenvalue weighted by molar-refractivity contribution is 5.81. The minimum atomic E-state index is -0.583. The van der Waals surface area contributed by atoms with E-state index < -0.39 is 24.1 Å². The topological polar surface area (TPSA) is 61.8 Å². The molecular weight excluding hydrogens is 260 g/mol. The van der Waals surface area contributed by atoms with Gasteiger partial charge in [-0.1, -0.05) is 18.2 Å². The Morgan fingerprint density at radius 2 is 1.85 bits per heavy atom. The van der Waals surface area contributed by atoms with Crippen molar-refractivity contribution in [3.05, 3.63) is 42.5 Å². The van der Waals surface area contributed by atoms with E-state index in [2.05, 4.69) is 4.74 Å². The lowest BCUT2D eigenvalue weighted by Gasteiger charge is -2.22. The molecule has 0 spiro atoms. The average Bonchev–Trinajstić information content (AvgIpc) is 2.43. The Balaban J connectivity index is 2.80. The van der Waals surface area contributed by atoms with Crippen molar-refractivity contribution in [1.29, 1.82) is 0 Å². The Kier molecular flexibility index (Phi) is 6.29. The summed E-state index contributed by atoms with van der Waals surface area (Å²) >= 11 is 0. The van der Waals surface area contributed by atoms with Gasteiger partial charge in [0.2, 0.25) is 0 Å². The second-order valence-corrected chi connectivity index (χ2v) is 4.09. The van der Waals surface area contributed by atoms with Gasteiger partial charge in [-0.25, -0.2) is 4.79 Å². The smallest absolute Gasteiger partial charge is 0.330 e. The Morgan fingerprint density at radius 1 is 1.20 bits per heavy atom. The normalized spacial score (nSPS) is 13.6. The van der Waals surface area contributed by atoms with Crippen LogP contribution in [0.15, 0.2) is 42.5 Å². The number of hydrogen-bond acceptors (Lipinski definition) is 5. The van der Waals surface area contributed by atoms with Gasteiger partial charge in [0.25, 0.3) is 0 Å². The Morgan fingerprint density at radius 3 is 2.40 bits per heavy atom. The van der Waals surface area contributed by atoms with E-state index in [0.29, 0.717) is 5.75 Å². The fourth-order valence-corrected chi connectivity index (χ4v) is 1.52. The zero-order valence-corrected chi connectivity index (χ0v) is 11.7. The van der Waals surface area contributed by atoms with Crippen molar-refractivity contribution >= 4 is 11.9 Å². The molecule has 0 unspecified atom stereocenters. The van der Waals surface area contributed by atoms with Crippen LogP contribution < -0.4 is 4.74 Å². The minimum absolute atomic E-state index is 0.411. The van der Waals surface area contributed by atoms with Crippen molar-refractivity contribution in [2.24, 2.45) is 0 Å². The Bertz CT molecular complexity index is 466. The van der Waals surface area contributed by atoms with Crippen LogP contribution in [-0.4, -0.2) is 31.3 Å². The lowest BCUT2D eigenvalue weighted by atomic mass is 10.2. The highest BCUT2D eigenvalue weighted by Crippen LogP contribution is 2.15. The summed E-state index contributed by atoms with van der Waals surface area (Å²) in [7, 11) is 1.29. The van der Waals surface area contributed by atoms with Crippen molar-refractivity contribution < 1.29 is 23.8 Å². The largest absolute Gasteiger partial charge is 0.482 e. The number of hydrogen-bond donors (Lipinski definition) is 0. The number of benzene rings is 1. The lowest BCUT2D eigenvalue weighted by Crippen LogP contribution is -2.31. The van der Waals surface area contributed by atoms with Gasteiger partial charge in [-0.3, -0.25) is 4.79 Å². The summed E-state index contributed by atoms with van der Waals surface area (Å²) < 4.78 is 15.3. The first-order valence-corrected chi connectivity index (χ1v) is 6.18. The van der Waals surface area contributed by atoms with Crippen molar-refractivity contribution in [3.63, 3.8) is 0 Å². The zero-order valence-electron chi connectivity index (χ0n) is 11.7. The molecule has 1 aromatic rings. The second-order valence-electron chi connectivity index (χ2n) is 4.09. The zero-order chi connectivity index (χ0) is 15.0. The molecule has 5 nitrogen and oxygen atoms in total. The summed E-state index contributed by atoms with van der Waals surface area (Å²) in [4.78, 5) is 22.2. The van der Waals surface area contributed by atoms with Crippen molar-refractivity contribution in [3.8, 4) is 5.75 Å². The fraction of sp³-hybridized carbons (Fsp3) is 0.333. The predicted molar refractivity (Wildman–Crippen MR) is 73.2 cm³/mol. The van der Waals surface area contributed by atoms with Gasteiger partial charge in [-0.15, -0.1) is 0 Å². The van der Waals surface area contributed by atoms with Gasteiger partial charge in [0.15, 0.2) is 6.10 Å². The Hall–Kier alpha value is -2.30. The molecule has 0 aliphatic rings. The average molecular weight is 278 g/mol. The number of carbonyl (C=O) groups is 2. The summed E-state index contributed by atoms with van der Waals surface area (Å²) in [6, 6.07) is 9.07. The van der Waals surface area contributed by atoms with E-state index in [9.17, 15) is 9.59 Å². The van der Waals surface area contributed by atoms with Gasteiger partial charge in [0.1, 0.15) is 11.9 Å². The van der Waals surface area contributed by atoms with Gasteiger partial charge in [0.05, 0.1) is 7.11 Å². The molecule has 0 aromatic heterocycles. The standard InChI is InChI=1S/C15H18O5/c1-11(19-12(2)16)14(9-10-15(17)18-3)20-13-7-5-4-6-8-13/h4-11,14H,1-3H3/b10-9+/t11-,14+/m0/s1. The first-order valence-electron chi connectivity index (χ1n) is 6.18. The highest BCUT2D eigenvalue weighted by Gasteiger charge is 2.19. The molecule has 0 radical (unpaired) electrons. The molecule has 0 bridgehead atoms. The Labute approximate surface area is 118 Å². The molecule has 0 fully saturated rings. The number of methoxy groups -OCH3 is 1. The van der Waals surface area contributed by atoms with Crippen LogP contribution in [0.1, 0.15) is 13.8 Å². The second kappa shape index (κ2) is 7.99. The number of esters is 2. The molecular formula is C15H18O5. The minimum Gasteiger partial charge on any atom is -0.482 e. The van der Waals surface area contributed by atoms with Crippen LogP contribution in [0.5, 0.6) is 5.75 Å². The molecule has 1 rings (SSSR count). The first kappa shape index (κ1) is 15.8. The summed E-state index contributed by atoms with van der Waals surface area (Å²) in [6.07, 6.45) is 1.63. The van der Waals surface area contributed by atoms with Crippen molar-refractivity contribution in [2.75, 3.05) is 7.11 Å². The molecule has 0 heterocycles. The van der Waals surface area contributed by atoms with Crippen LogP contribution in [0.4, 0.5) is 0 Å². The summed E-state index contributed by atoms with van der Waals surface area (Å²) in [5.74, 6) is -0.293. The van der Waals surface area contributed by atoms with Crippen molar-refractivity contribution in [2.45, 2.75) is 26.1 Å². The van der Waals surface area contributed by atoms with Crippen LogP contribution in [-0.2, 0) is 19.1 Å². The van der Waals surface area contributed by atoms with Crippen molar-refractivity contribution in [1.82, 2.24) is 0 Å². The van der Waals surface area contributed by atoms with Gasteiger partial charge < -0.3 is 14.2 Å². The van der Waals surface area contributed by atoms with E-state index in [1.165, 1.54) is 26.2 Å². The molecule has 108 valence electrons. The van der Waals surface area contributed by atoms with E-state index in [-0.39, 0.29) is 0 Å². The molecule has 20 heavy (non-hydrogen) atoms. The molecule has 2 atom stereocenters. The SMILES string of the molecule is COC(=O)/C=C/[C@@H](Oc1ccccc1)[C@H](C)OC(C)=O. The fourth-order valence-electron chi connectivity index (χ4n) is 1.52. The van der Waals surface area contributed by atoms with Crippen LogP contribution in [0, 0.1) is 0 Å². The number of carbonyl (C=O) groups excluding carboxylic acids is 2. The molecule has 0 saturated heterocycles. The van der Waals surface area contributed by atoms with E-state index in [1.807, 2.05) is 18.2 Å². The third-order valence-electron chi connectivity index (χ3n) is 2.45. The molecule has 5 heteroatoms. The molecule has 0 aliphatic heterocycles. The van der Waals surface area contributed by atoms with Gasteiger partial charge in [-0.2, -0.15) is 0 Å². The van der Waals surface area contributed by atoms with Gasteiger partial charge >= 0.3 is 11.9 Å². The maximum atomic E-state index is 11.1. The van der Waals surface area contributed by atoms with Gasteiger partial charge in [-0.05, 0) is 25.1 Å². The van der Waals surface area contributed by atoms with E-state index in [4.69, 9.17) is 9.47 Å². The predicted octanol–water partition coefficient (Wildman–Crippen LogP) is 2.11. The third kappa shape index (κ3) is 5.56. The maximum absolute atomic E-state index is 11.1. The van der Waals surface area contributed by atoms with Crippen LogP contribution >= 0.6 is 0 Å². The summed E-state index contributed by atoms with van der Waals surface area (Å²) in [6.45, 7) is 3.01. The molecule has 0 N–H and O–H groups in total. The third-order valence-corrected chi connectivity index (χ3v) is 2.45. The summed E-state index contributed by atoms with van der Waals surface area (Å²) in [5.41, 5.74) is 0. The number of ether oxygens (including phenoxy) is 3. The quantitative estimate of drug-likeness (QED) is 0.589. The highest BCUT2D eigenvalue weighted by atomic mass is 16.6. The molecule has 0 amide bonds. The monoisotopic (exact) mass is 278 g/mol. The van der Waals surface area contributed by atoms with Crippen LogP contribution in [0.2, 0.25) is 0 Å². The maximum Gasteiger partial charge on any atom is 0.330 e. The van der Waals surface area contributed by atoms with Crippen LogP contribution in [0.3, 0.4) is 0 Å². The van der Waals surface area contributed by atoms with E-state index in [0.717, 1.165) is 0 Å².